The molecule has 2 fully saturated rings. The van der Waals surface area contributed by atoms with Crippen LogP contribution >= 0.6 is 0 Å². The highest BCUT2D eigenvalue weighted by molar-refractivity contribution is 5.65. The Balaban J connectivity index is 1.81. The number of hydrogen-bond acceptors (Lipinski definition) is 4. The zero-order chi connectivity index (χ0) is 17.3. The minimum absolute atomic E-state index is 0.0626. The largest absolute Gasteiger partial charge is 0.465 e. The van der Waals surface area contributed by atoms with E-state index in [1.165, 1.54) is 11.0 Å². The molecule has 2 heterocycles. The van der Waals surface area contributed by atoms with Gasteiger partial charge in [0.2, 0.25) is 0 Å². The Morgan fingerprint density at radius 3 is 2.92 bits per heavy atom. The molecule has 1 N–H and O–H groups in total. The van der Waals surface area contributed by atoms with Gasteiger partial charge in [-0.1, -0.05) is 6.07 Å². The van der Waals surface area contributed by atoms with Crippen molar-refractivity contribution in [2.45, 2.75) is 25.5 Å². The quantitative estimate of drug-likeness (QED) is 0.852. The molecule has 128 valence electrons. The van der Waals surface area contributed by atoms with Gasteiger partial charge in [-0.05, 0) is 30.5 Å². The molecule has 0 spiro atoms. The molecule has 1 amide bonds. The SMILES string of the molecule is Cc1c([C@H]2CN3CCN(C(=O)O)C[C@H]3CCO2)ccc(F)c1C#N. The molecule has 2 aliphatic heterocycles. The minimum atomic E-state index is -0.885. The summed E-state index contributed by atoms with van der Waals surface area (Å²) in [6.45, 7) is 4.49. The smallest absolute Gasteiger partial charge is 0.407 e. The first-order valence-electron chi connectivity index (χ1n) is 8.04. The van der Waals surface area contributed by atoms with Crippen LogP contribution in [-0.4, -0.2) is 59.8 Å². The molecular formula is C17H20FN3O3. The highest BCUT2D eigenvalue weighted by Crippen LogP contribution is 2.30. The molecule has 0 radical (unpaired) electrons. The number of fused-ring (bicyclic) bond motifs is 1. The van der Waals surface area contributed by atoms with Crippen LogP contribution in [0.15, 0.2) is 12.1 Å². The fourth-order valence-electron chi connectivity index (χ4n) is 3.56. The normalized spacial score (nSPS) is 24.8. The van der Waals surface area contributed by atoms with Crippen molar-refractivity contribution in [1.82, 2.24) is 9.80 Å². The van der Waals surface area contributed by atoms with Crippen LogP contribution in [0.1, 0.15) is 29.2 Å². The van der Waals surface area contributed by atoms with Crippen molar-refractivity contribution in [1.29, 1.82) is 5.26 Å². The number of hydrogen-bond donors (Lipinski definition) is 1. The molecule has 3 rings (SSSR count). The molecule has 6 nitrogen and oxygen atoms in total. The summed E-state index contributed by atoms with van der Waals surface area (Å²) in [6, 6.07) is 5.05. The first kappa shape index (κ1) is 16.7. The third-order valence-corrected chi connectivity index (χ3v) is 4.96. The van der Waals surface area contributed by atoms with Gasteiger partial charge in [-0.3, -0.25) is 4.90 Å². The predicted molar refractivity (Wildman–Crippen MR) is 84.1 cm³/mol. The van der Waals surface area contributed by atoms with E-state index in [1.54, 1.807) is 13.0 Å². The van der Waals surface area contributed by atoms with E-state index in [2.05, 4.69) is 4.90 Å². The van der Waals surface area contributed by atoms with Gasteiger partial charge in [0.25, 0.3) is 0 Å². The summed E-state index contributed by atoms with van der Waals surface area (Å²) in [6.07, 6.45) is -0.366. The lowest BCUT2D eigenvalue weighted by Gasteiger charge is -2.39. The van der Waals surface area contributed by atoms with Crippen LogP contribution in [0.5, 0.6) is 0 Å². The molecule has 2 aliphatic rings. The molecule has 7 heteroatoms. The van der Waals surface area contributed by atoms with E-state index < -0.39 is 11.9 Å². The highest BCUT2D eigenvalue weighted by Gasteiger charge is 2.34. The first-order valence-corrected chi connectivity index (χ1v) is 8.04. The third kappa shape index (κ3) is 3.07. The second kappa shape index (κ2) is 6.75. The Morgan fingerprint density at radius 2 is 2.21 bits per heavy atom. The number of carbonyl (C=O) groups is 1. The first-order chi connectivity index (χ1) is 11.5. The number of rotatable bonds is 1. The maximum atomic E-state index is 13.7. The van der Waals surface area contributed by atoms with Gasteiger partial charge >= 0.3 is 6.09 Å². The summed E-state index contributed by atoms with van der Waals surface area (Å²) in [5.74, 6) is -0.514. The Kier molecular flexibility index (Phi) is 4.69. The zero-order valence-electron chi connectivity index (χ0n) is 13.5. The number of amides is 1. The third-order valence-electron chi connectivity index (χ3n) is 4.96. The van der Waals surface area contributed by atoms with Crippen LogP contribution in [-0.2, 0) is 4.74 Å². The average Bonchev–Trinajstić information content (AvgIpc) is 2.76. The minimum Gasteiger partial charge on any atom is -0.465 e. The van der Waals surface area contributed by atoms with Gasteiger partial charge in [0.1, 0.15) is 11.9 Å². The number of halogens is 1. The lowest BCUT2D eigenvalue weighted by molar-refractivity contribution is 0.0411. The van der Waals surface area contributed by atoms with Crippen molar-refractivity contribution in [3.05, 3.63) is 34.6 Å². The van der Waals surface area contributed by atoms with Gasteiger partial charge in [0.15, 0.2) is 0 Å². The van der Waals surface area contributed by atoms with Crippen molar-refractivity contribution in [2.75, 3.05) is 32.8 Å². The van der Waals surface area contributed by atoms with Crippen molar-refractivity contribution >= 4 is 6.09 Å². The molecule has 0 aromatic heterocycles. The summed E-state index contributed by atoms with van der Waals surface area (Å²) < 4.78 is 19.7. The summed E-state index contributed by atoms with van der Waals surface area (Å²) >= 11 is 0. The Bertz CT molecular complexity index is 688. The lowest BCUT2D eigenvalue weighted by atomic mass is 9.97. The van der Waals surface area contributed by atoms with E-state index in [0.717, 1.165) is 12.0 Å². The Hall–Kier alpha value is -2.17. The molecule has 2 atom stereocenters. The average molecular weight is 333 g/mol. The van der Waals surface area contributed by atoms with E-state index in [9.17, 15) is 9.18 Å². The Morgan fingerprint density at radius 1 is 1.42 bits per heavy atom. The fraction of sp³-hybridized carbons (Fsp3) is 0.529. The van der Waals surface area contributed by atoms with Crippen LogP contribution < -0.4 is 0 Å². The Labute approximate surface area is 140 Å². The molecule has 24 heavy (non-hydrogen) atoms. The molecule has 0 bridgehead atoms. The fourth-order valence-corrected chi connectivity index (χ4v) is 3.56. The molecule has 0 unspecified atom stereocenters. The van der Waals surface area contributed by atoms with Crippen molar-refractivity contribution in [3.8, 4) is 6.07 Å². The van der Waals surface area contributed by atoms with Crippen molar-refractivity contribution in [2.24, 2.45) is 0 Å². The molecule has 0 aliphatic carbocycles. The molecule has 1 aromatic rings. The number of carboxylic acid groups (broad SMARTS) is 1. The molecule has 2 saturated heterocycles. The van der Waals surface area contributed by atoms with Gasteiger partial charge in [-0.25, -0.2) is 9.18 Å². The number of benzene rings is 1. The van der Waals surface area contributed by atoms with Crippen molar-refractivity contribution in [3.63, 3.8) is 0 Å². The van der Waals surface area contributed by atoms with Crippen LogP contribution in [0.3, 0.4) is 0 Å². The lowest BCUT2D eigenvalue weighted by Crippen LogP contribution is -2.54. The van der Waals surface area contributed by atoms with Crippen LogP contribution in [0.2, 0.25) is 0 Å². The van der Waals surface area contributed by atoms with E-state index in [1.807, 2.05) is 6.07 Å². The van der Waals surface area contributed by atoms with Gasteiger partial charge < -0.3 is 14.7 Å². The molecule has 0 saturated carbocycles. The van der Waals surface area contributed by atoms with Crippen molar-refractivity contribution < 1.29 is 19.0 Å². The van der Waals surface area contributed by atoms with Crippen LogP contribution in [0.4, 0.5) is 9.18 Å². The van der Waals surface area contributed by atoms with Gasteiger partial charge in [-0.2, -0.15) is 5.26 Å². The van der Waals surface area contributed by atoms with Gasteiger partial charge in [0, 0.05) is 38.8 Å². The second-order valence-corrected chi connectivity index (χ2v) is 6.27. The monoisotopic (exact) mass is 333 g/mol. The maximum absolute atomic E-state index is 13.7. The van der Waals surface area contributed by atoms with Gasteiger partial charge in [0.05, 0.1) is 11.7 Å². The molecule has 1 aromatic carbocycles. The maximum Gasteiger partial charge on any atom is 0.407 e. The highest BCUT2D eigenvalue weighted by atomic mass is 19.1. The van der Waals surface area contributed by atoms with Gasteiger partial charge in [-0.15, -0.1) is 0 Å². The second-order valence-electron chi connectivity index (χ2n) is 6.27. The number of piperazine rings is 1. The number of nitrogens with zero attached hydrogens (tertiary/aromatic N) is 3. The van der Waals surface area contributed by atoms with E-state index in [4.69, 9.17) is 15.1 Å². The van der Waals surface area contributed by atoms with Crippen LogP contribution in [0.25, 0.3) is 0 Å². The number of nitriles is 1. The summed E-state index contributed by atoms with van der Waals surface area (Å²) in [5, 5.41) is 18.3. The standard InChI is InChI=1S/C17H20FN3O3/c1-11-13(2-3-15(18)14(11)8-19)16-10-20-5-6-21(17(22)23)9-12(20)4-7-24-16/h2-3,12,16H,4-7,9-10H2,1H3,(H,22,23)/t12-,16-/m1/s1. The summed E-state index contributed by atoms with van der Waals surface area (Å²) in [5.41, 5.74) is 1.51. The zero-order valence-corrected chi connectivity index (χ0v) is 13.5. The molecular weight excluding hydrogens is 313 g/mol. The topological polar surface area (TPSA) is 76.8 Å². The van der Waals surface area contributed by atoms with E-state index >= 15 is 0 Å². The number of ether oxygens (including phenoxy) is 1. The predicted octanol–water partition coefficient (Wildman–Crippen LogP) is 2.13. The van der Waals surface area contributed by atoms with Crippen LogP contribution in [0, 0.1) is 24.1 Å². The summed E-state index contributed by atoms with van der Waals surface area (Å²) in [7, 11) is 0. The van der Waals surface area contributed by atoms with E-state index in [-0.39, 0.29) is 17.7 Å². The van der Waals surface area contributed by atoms with E-state index in [0.29, 0.717) is 38.3 Å². The summed E-state index contributed by atoms with van der Waals surface area (Å²) in [4.78, 5) is 14.8.